The second-order valence-electron chi connectivity index (χ2n) is 10.5. The van der Waals surface area contributed by atoms with E-state index in [2.05, 4.69) is 15.6 Å². The predicted molar refractivity (Wildman–Crippen MR) is 156 cm³/mol. The zero-order chi connectivity index (χ0) is 29.7. The summed E-state index contributed by atoms with van der Waals surface area (Å²) in [6.07, 6.45) is 0.983. The van der Waals surface area contributed by atoms with Crippen LogP contribution in [0.2, 0.25) is 0 Å². The standard InChI is InChI=1S/C30H34N4O7S/c1-30(17-40-18-30)28(36)33-27-24(25(35)31-15-20-11-12-21(38-2)14-23(20)39-3)32-26(42-27)22-10-7-13-34(22)29(37)41-16-19-8-5-4-6-9-19/h4-6,8-9,11-12,14,22H,7,10,13,15-18H2,1-3H3,(H,31,35)(H,33,36). The van der Waals surface area contributed by atoms with Crippen LogP contribution in [0.1, 0.15) is 52.4 Å². The SMILES string of the molecule is COc1ccc(CNC(=O)c2nc(C3CCCN3C(=O)OCc3ccccc3)sc2NC(=O)C2(C)COC2)c(OC)c1. The third-order valence-corrected chi connectivity index (χ3v) is 8.46. The summed E-state index contributed by atoms with van der Waals surface area (Å²) >= 11 is 1.20. The van der Waals surface area contributed by atoms with Gasteiger partial charge in [-0.05, 0) is 37.5 Å². The zero-order valence-electron chi connectivity index (χ0n) is 23.8. The van der Waals surface area contributed by atoms with Crippen molar-refractivity contribution in [2.75, 3.05) is 39.3 Å². The number of nitrogens with one attached hydrogen (secondary N) is 2. The number of methoxy groups -OCH3 is 2. The molecule has 2 aliphatic rings. The van der Waals surface area contributed by atoms with Gasteiger partial charge in [0.05, 0.1) is 38.9 Å². The predicted octanol–water partition coefficient (Wildman–Crippen LogP) is 4.54. The maximum atomic E-state index is 13.5. The number of ether oxygens (including phenoxy) is 4. The van der Waals surface area contributed by atoms with Gasteiger partial charge < -0.3 is 29.6 Å². The molecule has 0 spiro atoms. The van der Waals surface area contributed by atoms with Crippen molar-refractivity contribution in [2.45, 2.75) is 39.0 Å². The van der Waals surface area contributed by atoms with Crippen LogP contribution in [0.4, 0.5) is 9.80 Å². The molecule has 3 aromatic rings. The van der Waals surface area contributed by atoms with Gasteiger partial charge in [-0.2, -0.15) is 0 Å². The number of nitrogens with zero attached hydrogens (tertiary/aromatic N) is 2. The number of benzene rings is 2. The number of aromatic nitrogens is 1. The van der Waals surface area contributed by atoms with E-state index in [-0.39, 0.29) is 30.8 Å². The maximum absolute atomic E-state index is 13.5. The van der Waals surface area contributed by atoms with Crippen LogP contribution in [-0.4, -0.2) is 61.8 Å². The van der Waals surface area contributed by atoms with Crippen molar-refractivity contribution in [3.63, 3.8) is 0 Å². The fourth-order valence-electron chi connectivity index (χ4n) is 4.81. The molecule has 0 bridgehead atoms. The van der Waals surface area contributed by atoms with E-state index in [0.717, 1.165) is 17.5 Å². The van der Waals surface area contributed by atoms with Crippen molar-refractivity contribution in [1.29, 1.82) is 0 Å². The quantitative estimate of drug-likeness (QED) is 0.350. The number of amides is 3. The van der Waals surface area contributed by atoms with Gasteiger partial charge in [-0.15, -0.1) is 0 Å². The lowest BCUT2D eigenvalue weighted by molar-refractivity contribution is -0.151. The summed E-state index contributed by atoms with van der Waals surface area (Å²) in [6.45, 7) is 3.24. The first-order chi connectivity index (χ1) is 20.3. The Morgan fingerprint density at radius 2 is 1.90 bits per heavy atom. The van der Waals surface area contributed by atoms with Gasteiger partial charge >= 0.3 is 6.09 Å². The van der Waals surface area contributed by atoms with Crippen LogP contribution in [-0.2, 0) is 27.4 Å². The molecule has 1 atom stereocenters. The molecule has 3 heterocycles. The van der Waals surface area contributed by atoms with E-state index in [1.54, 1.807) is 31.3 Å². The van der Waals surface area contributed by atoms with E-state index in [1.807, 2.05) is 43.3 Å². The molecule has 2 aliphatic heterocycles. The van der Waals surface area contributed by atoms with E-state index < -0.39 is 17.4 Å². The maximum Gasteiger partial charge on any atom is 0.410 e. The second-order valence-corrected chi connectivity index (χ2v) is 11.5. The number of rotatable bonds is 10. The molecule has 0 saturated carbocycles. The molecule has 5 rings (SSSR count). The Hall–Kier alpha value is -4.16. The minimum Gasteiger partial charge on any atom is -0.497 e. The van der Waals surface area contributed by atoms with Gasteiger partial charge in [-0.25, -0.2) is 9.78 Å². The molecule has 3 amide bonds. The Labute approximate surface area is 248 Å². The third kappa shape index (κ3) is 6.34. The molecule has 1 unspecified atom stereocenters. The van der Waals surface area contributed by atoms with Crippen LogP contribution in [0.15, 0.2) is 48.5 Å². The Balaban J connectivity index is 1.35. The molecule has 2 aromatic carbocycles. The summed E-state index contributed by atoms with van der Waals surface area (Å²) in [6, 6.07) is 14.4. The van der Waals surface area contributed by atoms with Gasteiger partial charge in [0.15, 0.2) is 5.69 Å². The van der Waals surface area contributed by atoms with Crippen LogP contribution in [0.25, 0.3) is 0 Å². The fourth-order valence-corrected chi connectivity index (χ4v) is 5.92. The third-order valence-electron chi connectivity index (χ3n) is 7.39. The molecule has 12 heteroatoms. The molecule has 222 valence electrons. The van der Waals surface area contributed by atoms with Gasteiger partial charge in [0, 0.05) is 24.7 Å². The Morgan fingerprint density at radius 1 is 1.12 bits per heavy atom. The minimum atomic E-state index is -0.686. The van der Waals surface area contributed by atoms with Crippen LogP contribution < -0.4 is 20.1 Å². The molecule has 2 N–H and O–H groups in total. The lowest BCUT2D eigenvalue weighted by Gasteiger charge is -2.36. The van der Waals surface area contributed by atoms with E-state index in [9.17, 15) is 14.4 Å². The number of hydrogen-bond acceptors (Lipinski definition) is 9. The largest absolute Gasteiger partial charge is 0.497 e. The normalized spacial score (nSPS) is 17.2. The molecular formula is C30H34N4O7S. The highest BCUT2D eigenvalue weighted by atomic mass is 32.1. The second kappa shape index (κ2) is 12.8. The minimum absolute atomic E-state index is 0.0872. The summed E-state index contributed by atoms with van der Waals surface area (Å²) in [7, 11) is 3.11. The first-order valence-corrected chi connectivity index (χ1v) is 14.5. The number of anilines is 1. The number of carbonyl (C=O) groups is 3. The highest BCUT2D eigenvalue weighted by Gasteiger charge is 2.42. The summed E-state index contributed by atoms with van der Waals surface area (Å²) in [5, 5.41) is 6.67. The van der Waals surface area contributed by atoms with Gasteiger partial charge in [-0.1, -0.05) is 41.7 Å². The zero-order valence-corrected chi connectivity index (χ0v) is 24.6. The van der Waals surface area contributed by atoms with E-state index in [0.29, 0.717) is 47.7 Å². The molecule has 2 fully saturated rings. The molecule has 0 aliphatic carbocycles. The smallest absolute Gasteiger partial charge is 0.410 e. The van der Waals surface area contributed by atoms with Crippen LogP contribution in [0.5, 0.6) is 11.5 Å². The number of likely N-dealkylation sites (tertiary alicyclic amines) is 1. The molecule has 2 saturated heterocycles. The Bertz CT molecular complexity index is 1440. The van der Waals surface area contributed by atoms with Crippen molar-refractivity contribution in [3.05, 3.63) is 70.4 Å². The Morgan fingerprint density at radius 3 is 2.60 bits per heavy atom. The summed E-state index contributed by atoms with van der Waals surface area (Å²) in [4.78, 5) is 45.9. The monoisotopic (exact) mass is 594 g/mol. The van der Waals surface area contributed by atoms with Gasteiger partial charge in [0.2, 0.25) is 5.91 Å². The number of hydrogen-bond donors (Lipinski definition) is 2. The molecule has 1 aromatic heterocycles. The molecule has 11 nitrogen and oxygen atoms in total. The van der Waals surface area contributed by atoms with Crippen molar-refractivity contribution in [3.8, 4) is 11.5 Å². The number of carbonyl (C=O) groups excluding carboxylic acids is 3. The topological polar surface area (TPSA) is 128 Å². The highest BCUT2D eigenvalue weighted by molar-refractivity contribution is 7.16. The summed E-state index contributed by atoms with van der Waals surface area (Å²) < 4.78 is 21.5. The average molecular weight is 595 g/mol. The molecule has 42 heavy (non-hydrogen) atoms. The van der Waals surface area contributed by atoms with Gasteiger partial charge in [-0.3, -0.25) is 14.5 Å². The fraction of sp³-hybridized carbons (Fsp3) is 0.400. The summed E-state index contributed by atoms with van der Waals surface area (Å²) in [5.74, 6) is 0.487. The van der Waals surface area contributed by atoms with Crippen LogP contribution in [0.3, 0.4) is 0 Å². The first kappa shape index (κ1) is 29.3. The molecule has 0 radical (unpaired) electrons. The van der Waals surface area contributed by atoms with Crippen molar-refractivity contribution >= 4 is 34.2 Å². The molecular weight excluding hydrogens is 560 g/mol. The van der Waals surface area contributed by atoms with E-state index >= 15 is 0 Å². The van der Waals surface area contributed by atoms with Crippen LogP contribution in [0, 0.1) is 5.41 Å². The Kier molecular flexibility index (Phi) is 8.93. The van der Waals surface area contributed by atoms with Crippen LogP contribution >= 0.6 is 11.3 Å². The van der Waals surface area contributed by atoms with Crippen molar-refractivity contribution < 1.29 is 33.3 Å². The lowest BCUT2D eigenvalue weighted by atomic mass is 9.88. The van der Waals surface area contributed by atoms with Gasteiger partial charge in [0.1, 0.15) is 28.1 Å². The van der Waals surface area contributed by atoms with E-state index in [4.69, 9.17) is 18.9 Å². The lowest BCUT2D eigenvalue weighted by Crippen LogP contribution is -2.49. The average Bonchev–Trinajstić information content (AvgIpc) is 3.65. The number of thiazole rings is 1. The first-order valence-electron chi connectivity index (χ1n) is 13.7. The van der Waals surface area contributed by atoms with E-state index in [1.165, 1.54) is 11.3 Å². The van der Waals surface area contributed by atoms with Crippen molar-refractivity contribution in [2.24, 2.45) is 5.41 Å². The summed E-state index contributed by atoms with van der Waals surface area (Å²) in [5.41, 5.74) is 1.04. The highest BCUT2D eigenvalue weighted by Crippen LogP contribution is 2.39. The van der Waals surface area contributed by atoms with Gasteiger partial charge in [0.25, 0.3) is 5.91 Å². The van der Waals surface area contributed by atoms with Crippen molar-refractivity contribution in [1.82, 2.24) is 15.2 Å².